The molecule has 0 aliphatic heterocycles. The molecule has 0 fully saturated rings. The number of ether oxygens (including phenoxy) is 3. The first-order chi connectivity index (χ1) is 12.2. The lowest BCUT2D eigenvalue weighted by atomic mass is 10.1. The number of methoxy groups -OCH3 is 3. The molecule has 130 valence electrons. The van der Waals surface area contributed by atoms with Crippen LogP contribution in [0.15, 0.2) is 42.5 Å². The number of nitrogens with zero attached hydrogens (tertiary/aromatic N) is 1. The normalized spacial score (nSPS) is 10.6. The van der Waals surface area contributed by atoms with Gasteiger partial charge >= 0.3 is 0 Å². The predicted octanol–water partition coefficient (Wildman–Crippen LogP) is 4.18. The van der Waals surface area contributed by atoms with Crippen molar-refractivity contribution in [2.75, 3.05) is 26.6 Å². The Labute approximate surface area is 147 Å². The van der Waals surface area contributed by atoms with Gasteiger partial charge in [-0.05, 0) is 25.1 Å². The van der Waals surface area contributed by atoms with Gasteiger partial charge in [0.2, 0.25) is 0 Å². The lowest BCUT2D eigenvalue weighted by Crippen LogP contribution is -2.04. The van der Waals surface area contributed by atoms with Gasteiger partial charge in [-0.1, -0.05) is 18.2 Å². The molecule has 0 unspecified atom stereocenters. The van der Waals surface area contributed by atoms with Crippen LogP contribution in [0.3, 0.4) is 0 Å². The number of hydrogen-bond donors (Lipinski definition) is 1. The predicted molar refractivity (Wildman–Crippen MR) is 99.9 cm³/mol. The van der Waals surface area contributed by atoms with Crippen molar-refractivity contribution < 1.29 is 14.2 Å². The van der Waals surface area contributed by atoms with Gasteiger partial charge in [-0.3, -0.25) is 4.98 Å². The minimum atomic E-state index is 0.594. The Hall–Kier alpha value is -2.95. The number of rotatable bonds is 6. The van der Waals surface area contributed by atoms with Gasteiger partial charge in [-0.15, -0.1) is 0 Å². The molecule has 25 heavy (non-hydrogen) atoms. The Bertz CT molecular complexity index is 893. The van der Waals surface area contributed by atoms with Crippen LogP contribution in [0.5, 0.6) is 17.2 Å². The fourth-order valence-electron chi connectivity index (χ4n) is 2.88. The summed E-state index contributed by atoms with van der Waals surface area (Å²) in [5.41, 5.74) is 3.98. The number of hydrogen-bond acceptors (Lipinski definition) is 5. The molecule has 1 N–H and O–H groups in total. The highest BCUT2D eigenvalue weighted by atomic mass is 16.5. The molecule has 0 atom stereocenters. The van der Waals surface area contributed by atoms with Crippen LogP contribution in [0.2, 0.25) is 0 Å². The van der Waals surface area contributed by atoms with E-state index in [1.54, 1.807) is 21.3 Å². The molecule has 0 aliphatic carbocycles. The molecule has 0 spiro atoms. The fraction of sp³-hybridized carbons (Fsp3) is 0.250. The molecule has 5 nitrogen and oxygen atoms in total. The van der Waals surface area contributed by atoms with Gasteiger partial charge in [0, 0.05) is 34.9 Å². The first-order valence-electron chi connectivity index (χ1n) is 8.05. The van der Waals surface area contributed by atoms with Crippen LogP contribution in [0.4, 0.5) is 5.69 Å². The number of benzene rings is 2. The molecule has 1 heterocycles. The zero-order chi connectivity index (χ0) is 17.8. The van der Waals surface area contributed by atoms with Gasteiger partial charge in [0.25, 0.3) is 0 Å². The zero-order valence-corrected chi connectivity index (χ0v) is 14.9. The smallest absolute Gasteiger partial charge is 0.164 e. The Kier molecular flexibility index (Phi) is 4.93. The number of anilines is 1. The largest absolute Gasteiger partial charge is 0.496 e. The Morgan fingerprint density at radius 2 is 1.56 bits per heavy atom. The van der Waals surface area contributed by atoms with E-state index in [-0.39, 0.29) is 0 Å². The van der Waals surface area contributed by atoms with Crippen molar-refractivity contribution in [1.29, 1.82) is 0 Å². The van der Waals surface area contributed by atoms with Crippen LogP contribution >= 0.6 is 0 Å². The third-order valence-corrected chi connectivity index (χ3v) is 4.10. The van der Waals surface area contributed by atoms with Crippen molar-refractivity contribution in [3.05, 3.63) is 53.7 Å². The van der Waals surface area contributed by atoms with Gasteiger partial charge in [0.05, 0.1) is 26.8 Å². The molecule has 0 radical (unpaired) electrons. The summed E-state index contributed by atoms with van der Waals surface area (Å²) >= 11 is 0. The van der Waals surface area contributed by atoms with Crippen molar-refractivity contribution >= 4 is 16.6 Å². The quantitative estimate of drug-likeness (QED) is 0.731. The van der Waals surface area contributed by atoms with Gasteiger partial charge in [0.1, 0.15) is 5.75 Å². The average Bonchev–Trinajstić information content (AvgIpc) is 2.65. The molecule has 0 amide bonds. The van der Waals surface area contributed by atoms with E-state index in [9.17, 15) is 0 Å². The molecule has 2 aromatic carbocycles. The van der Waals surface area contributed by atoms with E-state index in [4.69, 9.17) is 14.2 Å². The molecule has 5 heteroatoms. The number of pyridine rings is 1. The first kappa shape index (κ1) is 16.9. The van der Waals surface area contributed by atoms with E-state index < -0.39 is 0 Å². The maximum atomic E-state index is 5.50. The lowest BCUT2D eigenvalue weighted by molar-refractivity contribution is 0.347. The summed E-state index contributed by atoms with van der Waals surface area (Å²) in [6.07, 6.45) is 0. The van der Waals surface area contributed by atoms with Crippen molar-refractivity contribution in [2.45, 2.75) is 13.5 Å². The summed E-state index contributed by atoms with van der Waals surface area (Å²) < 4.78 is 16.2. The SMILES string of the molecule is COc1cc(OC)c(OC)cc1CNc1cc(C)nc2ccccc12. The number of aryl methyl sites for hydroxylation is 1. The summed E-state index contributed by atoms with van der Waals surface area (Å²) in [5, 5.41) is 4.58. The van der Waals surface area contributed by atoms with E-state index in [0.717, 1.165) is 33.6 Å². The standard InChI is InChI=1S/C20H22N2O3/c1-13-9-17(15-7-5-6-8-16(15)22-13)21-12-14-10-19(24-3)20(25-4)11-18(14)23-2/h5-11H,12H2,1-4H3,(H,21,22). The van der Waals surface area contributed by atoms with Gasteiger partial charge in [0.15, 0.2) is 11.5 Å². The minimum absolute atomic E-state index is 0.594. The maximum Gasteiger partial charge on any atom is 0.164 e. The third kappa shape index (κ3) is 3.45. The fourth-order valence-corrected chi connectivity index (χ4v) is 2.88. The second-order valence-electron chi connectivity index (χ2n) is 5.70. The maximum absolute atomic E-state index is 5.50. The Morgan fingerprint density at radius 1 is 0.880 bits per heavy atom. The highest BCUT2D eigenvalue weighted by Crippen LogP contribution is 2.35. The molecule has 0 saturated carbocycles. The number of fused-ring (bicyclic) bond motifs is 1. The Balaban J connectivity index is 1.94. The molecular formula is C20H22N2O3. The minimum Gasteiger partial charge on any atom is -0.496 e. The summed E-state index contributed by atoms with van der Waals surface area (Å²) in [4.78, 5) is 4.57. The average molecular weight is 338 g/mol. The summed E-state index contributed by atoms with van der Waals surface area (Å²) in [6, 6.07) is 13.9. The number of para-hydroxylation sites is 1. The lowest BCUT2D eigenvalue weighted by Gasteiger charge is -2.16. The van der Waals surface area contributed by atoms with Crippen LogP contribution in [0.1, 0.15) is 11.3 Å². The topological polar surface area (TPSA) is 52.6 Å². The molecule has 1 aromatic heterocycles. The van der Waals surface area contributed by atoms with Crippen LogP contribution < -0.4 is 19.5 Å². The van der Waals surface area contributed by atoms with Crippen molar-refractivity contribution in [3.8, 4) is 17.2 Å². The van der Waals surface area contributed by atoms with E-state index >= 15 is 0 Å². The summed E-state index contributed by atoms with van der Waals surface area (Å²) in [7, 11) is 4.89. The Morgan fingerprint density at radius 3 is 2.28 bits per heavy atom. The molecule has 3 rings (SSSR count). The molecule has 3 aromatic rings. The summed E-state index contributed by atoms with van der Waals surface area (Å²) in [5.74, 6) is 2.07. The van der Waals surface area contributed by atoms with Crippen molar-refractivity contribution in [1.82, 2.24) is 4.98 Å². The summed E-state index contributed by atoms with van der Waals surface area (Å²) in [6.45, 7) is 2.59. The molecular weight excluding hydrogens is 316 g/mol. The van der Waals surface area contributed by atoms with Gasteiger partial charge in [-0.2, -0.15) is 0 Å². The first-order valence-corrected chi connectivity index (χ1v) is 8.05. The third-order valence-electron chi connectivity index (χ3n) is 4.10. The number of aromatic nitrogens is 1. The van der Waals surface area contributed by atoms with Crippen molar-refractivity contribution in [2.24, 2.45) is 0 Å². The van der Waals surface area contributed by atoms with Crippen LogP contribution in [-0.4, -0.2) is 26.3 Å². The van der Waals surface area contributed by atoms with Crippen LogP contribution in [0, 0.1) is 6.92 Å². The van der Waals surface area contributed by atoms with Crippen molar-refractivity contribution in [3.63, 3.8) is 0 Å². The molecule has 0 aliphatic rings. The van der Waals surface area contributed by atoms with E-state index in [1.165, 1.54) is 0 Å². The highest BCUT2D eigenvalue weighted by Gasteiger charge is 2.12. The number of nitrogens with one attached hydrogen (secondary N) is 1. The zero-order valence-electron chi connectivity index (χ0n) is 14.9. The second kappa shape index (κ2) is 7.30. The van der Waals surface area contributed by atoms with Gasteiger partial charge < -0.3 is 19.5 Å². The highest BCUT2D eigenvalue weighted by molar-refractivity contribution is 5.91. The molecule has 0 saturated heterocycles. The van der Waals surface area contributed by atoms with Crippen LogP contribution in [-0.2, 0) is 6.54 Å². The van der Waals surface area contributed by atoms with E-state index in [0.29, 0.717) is 18.0 Å². The van der Waals surface area contributed by atoms with Gasteiger partial charge in [-0.25, -0.2) is 0 Å². The second-order valence-corrected chi connectivity index (χ2v) is 5.70. The monoisotopic (exact) mass is 338 g/mol. The molecule has 0 bridgehead atoms. The van der Waals surface area contributed by atoms with Crippen LogP contribution in [0.25, 0.3) is 10.9 Å². The van der Waals surface area contributed by atoms with E-state index in [1.807, 2.05) is 37.3 Å². The van der Waals surface area contributed by atoms with E-state index in [2.05, 4.69) is 22.4 Å².